The molecule has 110 valence electrons. The van der Waals surface area contributed by atoms with E-state index in [-0.39, 0.29) is 6.10 Å². The third kappa shape index (κ3) is 7.45. The highest BCUT2D eigenvalue weighted by Crippen LogP contribution is 2.21. The monoisotopic (exact) mass is 278 g/mol. The van der Waals surface area contributed by atoms with Gasteiger partial charge < -0.3 is 24.7 Å². The van der Waals surface area contributed by atoms with E-state index < -0.39 is 8.80 Å². The van der Waals surface area contributed by atoms with Crippen LogP contribution in [0.1, 0.15) is 40.0 Å². The third-order valence-electron chi connectivity index (χ3n) is 2.61. The topological polar surface area (TPSA) is 79.7 Å². The van der Waals surface area contributed by atoms with Gasteiger partial charge in [0, 0.05) is 25.4 Å². The van der Waals surface area contributed by atoms with E-state index in [2.05, 4.69) is 6.92 Å². The van der Waals surface area contributed by atoms with Crippen LogP contribution >= 0.6 is 0 Å². The van der Waals surface area contributed by atoms with Crippen molar-refractivity contribution in [1.82, 2.24) is 0 Å². The van der Waals surface area contributed by atoms with Crippen LogP contribution in [0.25, 0.3) is 0 Å². The second-order valence-electron chi connectivity index (χ2n) is 4.30. The lowest BCUT2D eigenvalue weighted by Crippen LogP contribution is -2.48. The van der Waals surface area contributed by atoms with Crippen molar-refractivity contribution in [1.29, 1.82) is 0 Å². The fourth-order valence-corrected chi connectivity index (χ4v) is 4.72. The molecule has 0 aliphatic carbocycles. The Labute approximate surface area is 113 Å². The lowest BCUT2D eigenvalue weighted by Gasteiger charge is -2.31. The van der Waals surface area contributed by atoms with E-state index >= 15 is 0 Å². The van der Waals surface area contributed by atoms with Crippen LogP contribution in [0.2, 0.25) is 6.04 Å². The Morgan fingerprint density at radius 3 is 2.00 bits per heavy atom. The quantitative estimate of drug-likeness (QED) is 0.529. The Morgan fingerprint density at radius 2 is 1.56 bits per heavy atom. The molecule has 0 aromatic heterocycles. The molecule has 0 saturated carbocycles. The molecule has 0 radical (unpaired) electrons. The molecule has 0 saturated heterocycles. The third-order valence-corrected chi connectivity index (χ3v) is 5.80. The van der Waals surface area contributed by atoms with Crippen LogP contribution in [0.3, 0.4) is 0 Å². The van der Waals surface area contributed by atoms with Gasteiger partial charge in [0.2, 0.25) is 0 Å². The molecule has 18 heavy (non-hydrogen) atoms. The second kappa shape index (κ2) is 10.9. The zero-order valence-corrected chi connectivity index (χ0v) is 13.1. The molecule has 0 amide bonds. The molecular weight excluding hydrogens is 248 g/mol. The Morgan fingerprint density at radius 1 is 1.00 bits per heavy atom. The van der Waals surface area contributed by atoms with Gasteiger partial charge in [0.15, 0.2) is 0 Å². The van der Waals surface area contributed by atoms with E-state index in [0.717, 1.165) is 25.3 Å². The predicted octanol–water partition coefficient (Wildman–Crippen LogP) is 1.49. The highest BCUT2D eigenvalue weighted by atomic mass is 28.4. The molecule has 0 heterocycles. The molecule has 0 spiro atoms. The Bertz CT molecular complexity index is 190. The normalized spacial score (nSPS) is 13.8. The molecule has 0 bridgehead atoms. The minimum Gasteiger partial charge on any atom is -0.374 e. The molecule has 6 heteroatoms. The lowest BCUT2D eigenvalue weighted by atomic mass is 10.2. The second-order valence-corrected chi connectivity index (χ2v) is 6.98. The molecular formula is C12H30N2O3Si. The van der Waals surface area contributed by atoms with E-state index in [1.807, 2.05) is 13.8 Å². The van der Waals surface area contributed by atoms with Gasteiger partial charge >= 0.3 is 8.80 Å². The maximum Gasteiger partial charge on any atom is 0.501 e. The van der Waals surface area contributed by atoms with Crippen molar-refractivity contribution in [2.75, 3.05) is 26.3 Å². The zero-order chi connectivity index (χ0) is 13.9. The fraction of sp³-hybridized carbons (Fsp3) is 1.00. The first kappa shape index (κ1) is 18.0. The summed E-state index contributed by atoms with van der Waals surface area (Å²) in [7, 11) is -2.55. The van der Waals surface area contributed by atoms with E-state index in [1.165, 1.54) is 0 Å². The summed E-state index contributed by atoms with van der Waals surface area (Å²) in [5.41, 5.74) is 11.1. The summed E-state index contributed by atoms with van der Waals surface area (Å²) in [6, 6.07) is 0.790. The predicted molar refractivity (Wildman–Crippen MR) is 76.3 cm³/mol. The summed E-state index contributed by atoms with van der Waals surface area (Å²) >= 11 is 0. The highest BCUT2D eigenvalue weighted by molar-refractivity contribution is 6.60. The van der Waals surface area contributed by atoms with Gasteiger partial charge in [-0.05, 0) is 53.1 Å². The maximum atomic E-state index is 6.11. The summed E-state index contributed by atoms with van der Waals surface area (Å²) in [6.07, 6.45) is 2.89. The van der Waals surface area contributed by atoms with E-state index in [0.29, 0.717) is 26.3 Å². The van der Waals surface area contributed by atoms with E-state index in [4.69, 9.17) is 24.7 Å². The summed E-state index contributed by atoms with van der Waals surface area (Å²) in [4.78, 5) is 0. The van der Waals surface area contributed by atoms with Gasteiger partial charge in [-0.1, -0.05) is 0 Å². The first-order valence-electron chi connectivity index (χ1n) is 7.00. The average molecular weight is 278 g/mol. The van der Waals surface area contributed by atoms with Gasteiger partial charge in [0.1, 0.15) is 0 Å². The van der Waals surface area contributed by atoms with Crippen molar-refractivity contribution in [3.63, 3.8) is 0 Å². The summed E-state index contributed by atoms with van der Waals surface area (Å²) in [5, 5.41) is 0. The van der Waals surface area contributed by atoms with Crippen LogP contribution in [-0.2, 0) is 13.3 Å². The smallest absolute Gasteiger partial charge is 0.374 e. The lowest BCUT2D eigenvalue weighted by molar-refractivity contribution is 0.0349. The summed E-state index contributed by atoms with van der Waals surface area (Å²) in [6.45, 7) is 8.54. The molecule has 5 nitrogen and oxygen atoms in total. The summed E-state index contributed by atoms with van der Waals surface area (Å²) < 4.78 is 17.8. The highest BCUT2D eigenvalue weighted by Gasteiger charge is 2.41. The van der Waals surface area contributed by atoms with Gasteiger partial charge in [-0.3, -0.25) is 0 Å². The molecule has 1 atom stereocenters. The largest absolute Gasteiger partial charge is 0.501 e. The van der Waals surface area contributed by atoms with Crippen molar-refractivity contribution in [3.8, 4) is 0 Å². The number of hydrogen-bond acceptors (Lipinski definition) is 5. The van der Waals surface area contributed by atoms with Gasteiger partial charge in [0.05, 0.1) is 0 Å². The first-order chi connectivity index (χ1) is 8.64. The molecule has 0 aliphatic heterocycles. The Hall–Kier alpha value is 0.0169. The molecule has 1 unspecified atom stereocenters. The Balaban J connectivity index is 4.47. The zero-order valence-electron chi connectivity index (χ0n) is 12.1. The number of nitrogens with two attached hydrogens (primary N) is 2. The minimum atomic E-state index is -2.55. The van der Waals surface area contributed by atoms with Crippen molar-refractivity contribution in [3.05, 3.63) is 0 Å². The standard InChI is InChI=1S/C12H30N2O3Si/c1-4-15-18(16-5-2,11-7-10-14)17-12(3)8-6-9-13/h12H,4-11,13-14H2,1-3H3. The number of rotatable bonds is 12. The van der Waals surface area contributed by atoms with Gasteiger partial charge in [-0.25, -0.2) is 0 Å². The van der Waals surface area contributed by atoms with Crippen LogP contribution in [0.5, 0.6) is 0 Å². The van der Waals surface area contributed by atoms with Gasteiger partial charge in [0.25, 0.3) is 0 Å². The van der Waals surface area contributed by atoms with Crippen LogP contribution in [-0.4, -0.2) is 41.2 Å². The van der Waals surface area contributed by atoms with Crippen LogP contribution in [0.4, 0.5) is 0 Å². The SMILES string of the molecule is CCO[Si](CCCN)(OCC)OC(C)CCCN. The van der Waals surface area contributed by atoms with E-state index in [1.54, 1.807) is 0 Å². The molecule has 0 aliphatic rings. The average Bonchev–Trinajstić information content (AvgIpc) is 2.34. The van der Waals surface area contributed by atoms with Crippen molar-refractivity contribution in [2.45, 2.75) is 52.2 Å². The van der Waals surface area contributed by atoms with Crippen molar-refractivity contribution >= 4 is 8.80 Å². The minimum absolute atomic E-state index is 0.121. The van der Waals surface area contributed by atoms with Crippen LogP contribution in [0.15, 0.2) is 0 Å². The van der Waals surface area contributed by atoms with Crippen LogP contribution in [0, 0.1) is 0 Å². The van der Waals surface area contributed by atoms with Crippen molar-refractivity contribution in [2.24, 2.45) is 11.5 Å². The molecule has 0 aromatic carbocycles. The molecule has 0 rings (SSSR count). The van der Waals surface area contributed by atoms with Crippen LogP contribution < -0.4 is 11.5 Å². The van der Waals surface area contributed by atoms with E-state index in [9.17, 15) is 0 Å². The first-order valence-corrected chi connectivity index (χ1v) is 8.93. The maximum absolute atomic E-state index is 6.11. The molecule has 0 aromatic rings. The molecule has 0 fully saturated rings. The van der Waals surface area contributed by atoms with Gasteiger partial charge in [-0.2, -0.15) is 0 Å². The summed E-state index contributed by atoms with van der Waals surface area (Å²) in [5.74, 6) is 0. The fourth-order valence-electron chi connectivity index (χ4n) is 1.84. The van der Waals surface area contributed by atoms with Gasteiger partial charge in [-0.15, -0.1) is 0 Å². The number of hydrogen-bond donors (Lipinski definition) is 2. The van der Waals surface area contributed by atoms with Crippen molar-refractivity contribution < 1.29 is 13.3 Å². The Kier molecular flexibility index (Phi) is 10.9. The molecule has 4 N–H and O–H groups in total.